The molecule has 0 radical (unpaired) electrons. The Kier molecular flexibility index (Phi) is 5.64. The largest absolute Gasteiger partial charge is 0.495 e. The van der Waals surface area contributed by atoms with Crippen molar-refractivity contribution in [3.8, 4) is 5.75 Å². The van der Waals surface area contributed by atoms with Crippen LogP contribution in [0.3, 0.4) is 0 Å². The van der Waals surface area contributed by atoms with E-state index in [0.717, 1.165) is 12.1 Å². The van der Waals surface area contributed by atoms with E-state index >= 15 is 0 Å². The van der Waals surface area contributed by atoms with Gasteiger partial charge in [-0.2, -0.15) is 0 Å². The van der Waals surface area contributed by atoms with Crippen LogP contribution in [0.15, 0.2) is 23.1 Å². The van der Waals surface area contributed by atoms with Gasteiger partial charge in [0.05, 0.1) is 18.6 Å². The van der Waals surface area contributed by atoms with Crippen molar-refractivity contribution in [2.75, 3.05) is 13.7 Å². The minimum absolute atomic E-state index is 0.00598. The predicted molar refractivity (Wildman–Crippen MR) is 75.7 cm³/mol. The van der Waals surface area contributed by atoms with Gasteiger partial charge in [0.2, 0.25) is 10.0 Å². The van der Waals surface area contributed by atoms with Gasteiger partial charge in [-0.1, -0.05) is 13.8 Å². The first-order valence-electron chi connectivity index (χ1n) is 6.18. The fourth-order valence-corrected chi connectivity index (χ4v) is 3.20. The molecule has 1 atom stereocenters. The summed E-state index contributed by atoms with van der Waals surface area (Å²) in [6.45, 7) is 3.11. The Hall–Kier alpha value is -1.71. The zero-order valence-electron chi connectivity index (χ0n) is 11.9. The average molecular weight is 318 g/mol. The molecule has 0 aliphatic rings. The molecule has 8 nitrogen and oxygen atoms in total. The van der Waals surface area contributed by atoms with Crippen LogP contribution in [0.25, 0.3) is 0 Å². The fraction of sp³-hybridized carbons (Fsp3) is 0.500. The normalized spacial score (nSPS) is 13.2. The highest BCUT2D eigenvalue weighted by Gasteiger charge is 2.27. The zero-order chi connectivity index (χ0) is 16.2. The van der Waals surface area contributed by atoms with Gasteiger partial charge in [-0.15, -0.1) is 0 Å². The molecule has 0 unspecified atom stereocenters. The van der Waals surface area contributed by atoms with Gasteiger partial charge in [0.15, 0.2) is 0 Å². The second-order valence-corrected chi connectivity index (χ2v) is 6.43. The summed E-state index contributed by atoms with van der Waals surface area (Å²) >= 11 is 0. The maximum Gasteiger partial charge on any atom is 0.271 e. The lowest BCUT2D eigenvalue weighted by atomic mass is 10.1. The number of non-ortho nitro benzene ring substituents is 1. The highest BCUT2D eigenvalue weighted by molar-refractivity contribution is 7.89. The molecule has 0 heterocycles. The maximum atomic E-state index is 12.3. The van der Waals surface area contributed by atoms with Crippen LogP contribution in [-0.4, -0.2) is 38.2 Å². The summed E-state index contributed by atoms with van der Waals surface area (Å²) in [5.74, 6) is -0.150. The van der Waals surface area contributed by atoms with E-state index in [-0.39, 0.29) is 28.9 Å². The van der Waals surface area contributed by atoms with E-state index in [0.29, 0.717) is 0 Å². The number of methoxy groups -OCH3 is 1. The Morgan fingerprint density at radius 2 is 2.05 bits per heavy atom. The van der Waals surface area contributed by atoms with E-state index in [1.165, 1.54) is 13.2 Å². The number of aliphatic hydroxyl groups is 1. The monoisotopic (exact) mass is 318 g/mol. The minimum Gasteiger partial charge on any atom is -0.495 e. The standard InChI is InChI=1S/C12H18N2O6S/c1-8(2)10(7-15)13-21(18,19)12-6-9(14(16)17)4-5-11(12)20-3/h4-6,8,10,13,15H,7H2,1-3H3/t10-/m1/s1. The molecule has 0 saturated heterocycles. The summed E-state index contributed by atoms with van der Waals surface area (Å²) in [6.07, 6.45) is 0. The summed E-state index contributed by atoms with van der Waals surface area (Å²) in [5, 5.41) is 20.0. The van der Waals surface area contributed by atoms with Gasteiger partial charge < -0.3 is 9.84 Å². The zero-order valence-corrected chi connectivity index (χ0v) is 12.8. The molecule has 118 valence electrons. The first kappa shape index (κ1) is 17.3. The Labute approximate surface area is 122 Å². The molecule has 1 aromatic rings. The van der Waals surface area contributed by atoms with Gasteiger partial charge >= 0.3 is 0 Å². The van der Waals surface area contributed by atoms with Crippen LogP contribution in [0.4, 0.5) is 5.69 Å². The molecule has 0 bridgehead atoms. The lowest BCUT2D eigenvalue weighted by molar-refractivity contribution is -0.385. The van der Waals surface area contributed by atoms with E-state index < -0.39 is 21.0 Å². The van der Waals surface area contributed by atoms with Crippen molar-refractivity contribution in [2.24, 2.45) is 5.92 Å². The summed E-state index contributed by atoms with van der Waals surface area (Å²) in [6, 6.07) is 2.61. The second-order valence-electron chi connectivity index (χ2n) is 4.75. The van der Waals surface area contributed by atoms with Crippen LogP contribution in [0.5, 0.6) is 5.75 Å². The molecule has 0 spiro atoms. The molecule has 2 N–H and O–H groups in total. The SMILES string of the molecule is COc1ccc([N+](=O)[O-])cc1S(=O)(=O)N[C@H](CO)C(C)C. The van der Waals surface area contributed by atoms with E-state index in [2.05, 4.69) is 4.72 Å². The second kappa shape index (κ2) is 6.83. The summed E-state index contributed by atoms with van der Waals surface area (Å²) in [4.78, 5) is 9.75. The summed E-state index contributed by atoms with van der Waals surface area (Å²) in [5.41, 5.74) is -0.360. The van der Waals surface area contributed by atoms with Crippen LogP contribution in [-0.2, 0) is 10.0 Å². The lowest BCUT2D eigenvalue weighted by Crippen LogP contribution is -2.41. The number of rotatable bonds is 7. The van der Waals surface area contributed by atoms with E-state index in [1.54, 1.807) is 13.8 Å². The number of sulfonamides is 1. The van der Waals surface area contributed by atoms with Crippen LogP contribution in [0, 0.1) is 16.0 Å². The van der Waals surface area contributed by atoms with Crippen molar-refractivity contribution < 1.29 is 23.2 Å². The number of nitrogens with zero attached hydrogens (tertiary/aromatic N) is 1. The minimum atomic E-state index is -4.05. The smallest absolute Gasteiger partial charge is 0.271 e. The third-order valence-electron chi connectivity index (χ3n) is 2.96. The fourth-order valence-electron chi connectivity index (χ4n) is 1.64. The third kappa shape index (κ3) is 4.13. The Bertz CT molecular complexity index is 614. The average Bonchev–Trinajstić information content (AvgIpc) is 2.43. The number of nitrogens with one attached hydrogen (secondary N) is 1. The highest BCUT2D eigenvalue weighted by Crippen LogP contribution is 2.28. The molecule has 0 fully saturated rings. The van der Waals surface area contributed by atoms with Crippen molar-refractivity contribution >= 4 is 15.7 Å². The van der Waals surface area contributed by atoms with E-state index in [9.17, 15) is 23.6 Å². The van der Waals surface area contributed by atoms with Crippen molar-refractivity contribution in [3.05, 3.63) is 28.3 Å². The predicted octanol–water partition coefficient (Wildman–Crippen LogP) is 0.899. The first-order valence-corrected chi connectivity index (χ1v) is 7.67. The van der Waals surface area contributed by atoms with Crippen molar-refractivity contribution in [1.29, 1.82) is 0 Å². The molecule has 1 rings (SSSR count). The van der Waals surface area contributed by atoms with Crippen molar-refractivity contribution in [1.82, 2.24) is 4.72 Å². The molecule has 0 amide bonds. The molecule has 0 aliphatic heterocycles. The van der Waals surface area contributed by atoms with E-state index in [1.807, 2.05) is 0 Å². The lowest BCUT2D eigenvalue weighted by Gasteiger charge is -2.20. The number of nitro groups is 1. The van der Waals surface area contributed by atoms with Gasteiger partial charge in [-0.3, -0.25) is 10.1 Å². The maximum absolute atomic E-state index is 12.3. The molecule has 0 saturated carbocycles. The number of benzene rings is 1. The number of nitro benzene ring substituents is 1. The molecular formula is C12H18N2O6S. The van der Waals surface area contributed by atoms with Crippen molar-refractivity contribution in [3.63, 3.8) is 0 Å². The van der Waals surface area contributed by atoms with Crippen LogP contribution in [0.1, 0.15) is 13.8 Å². The van der Waals surface area contributed by atoms with Crippen LogP contribution >= 0.6 is 0 Å². The molecule has 0 aliphatic carbocycles. The summed E-state index contributed by atoms with van der Waals surface area (Å²) < 4.78 is 31.9. The van der Waals surface area contributed by atoms with Crippen molar-refractivity contribution in [2.45, 2.75) is 24.8 Å². The van der Waals surface area contributed by atoms with Gasteiger partial charge in [0.1, 0.15) is 10.6 Å². The molecule has 21 heavy (non-hydrogen) atoms. The Morgan fingerprint density at radius 1 is 1.43 bits per heavy atom. The van der Waals surface area contributed by atoms with Gasteiger partial charge in [0, 0.05) is 18.2 Å². The Balaban J connectivity index is 3.29. The topological polar surface area (TPSA) is 119 Å². The highest BCUT2D eigenvalue weighted by atomic mass is 32.2. The third-order valence-corrected chi connectivity index (χ3v) is 4.47. The quantitative estimate of drug-likeness (QED) is 0.569. The first-order chi connectivity index (χ1) is 9.72. The molecule has 1 aromatic carbocycles. The molecular weight excluding hydrogens is 300 g/mol. The van der Waals surface area contributed by atoms with Crippen LogP contribution in [0.2, 0.25) is 0 Å². The van der Waals surface area contributed by atoms with Crippen LogP contribution < -0.4 is 9.46 Å². The molecule has 0 aromatic heterocycles. The van der Waals surface area contributed by atoms with Gasteiger partial charge in [0.25, 0.3) is 5.69 Å². The number of ether oxygens (including phenoxy) is 1. The van der Waals surface area contributed by atoms with Gasteiger partial charge in [-0.05, 0) is 12.0 Å². The van der Waals surface area contributed by atoms with Gasteiger partial charge in [-0.25, -0.2) is 13.1 Å². The number of hydrogen-bond donors (Lipinski definition) is 2. The Morgan fingerprint density at radius 3 is 2.48 bits per heavy atom. The number of hydrogen-bond acceptors (Lipinski definition) is 6. The van der Waals surface area contributed by atoms with E-state index in [4.69, 9.17) is 4.74 Å². The number of aliphatic hydroxyl groups excluding tert-OH is 1. The molecule has 9 heteroatoms. The summed E-state index contributed by atoms with van der Waals surface area (Å²) in [7, 11) is -2.78.